The minimum Gasteiger partial charge on any atom is -0.392 e. The van der Waals surface area contributed by atoms with E-state index in [1.807, 2.05) is 0 Å². The monoisotopic (exact) mass is 286 g/mol. The molecule has 0 bridgehead atoms. The molecule has 0 aliphatic carbocycles. The molecule has 0 radical (unpaired) electrons. The number of aliphatic hydroxyl groups is 1. The fourth-order valence-electron chi connectivity index (χ4n) is 2.29. The van der Waals surface area contributed by atoms with Crippen molar-refractivity contribution >= 4 is 11.8 Å². The van der Waals surface area contributed by atoms with Gasteiger partial charge in [-0.2, -0.15) is 0 Å². The van der Waals surface area contributed by atoms with Crippen molar-refractivity contribution in [1.82, 2.24) is 0 Å². The zero-order chi connectivity index (χ0) is 14.5. The van der Waals surface area contributed by atoms with Gasteiger partial charge in [-0.25, -0.2) is 0 Å². The predicted molar refractivity (Wildman–Crippen MR) is 87.5 cm³/mol. The van der Waals surface area contributed by atoms with Crippen molar-refractivity contribution in [2.75, 3.05) is 5.75 Å². The molecule has 2 aromatic rings. The van der Waals surface area contributed by atoms with Gasteiger partial charge in [-0.1, -0.05) is 35.9 Å². The summed E-state index contributed by atoms with van der Waals surface area (Å²) in [4.78, 5) is 1.22. The van der Waals surface area contributed by atoms with E-state index in [-0.39, 0.29) is 6.10 Å². The lowest BCUT2D eigenvalue weighted by molar-refractivity contribution is 0.199. The van der Waals surface area contributed by atoms with E-state index in [0.717, 1.165) is 12.2 Å². The minimum atomic E-state index is -0.305. The highest BCUT2D eigenvalue weighted by atomic mass is 32.2. The van der Waals surface area contributed by atoms with Crippen LogP contribution in [0.25, 0.3) is 0 Å². The van der Waals surface area contributed by atoms with Crippen LogP contribution in [0.15, 0.2) is 47.4 Å². The maximum atomic E-state index is 10.2. The van der Waals surface area contributed by atoms with Gasteiger partial charge >= 0.3 is 0 Å². The number of hydrogen-bond acceptors (Lipinski definition) is 2. The van der Waals surface area contributed by atoms with Crippen molar-refractivity contribution in [3.8, 4) is 0 Å². The molecule has 0 saturated heterocycles. The van der Waals surface area contributed by atoms with Crippen molar-refractivity contribution < 1.29 is 5.11 Å². The van der Waals surface area contributed by atoms with E-state index in [1.54, 1.807) is 11.8 Å². The molecule has 1 nitrogen and oxygen atoms in total. The van der Waals surface area contributed by atoms with Crippen molar-refractivity contribution in [2.24, 2.45) is 0 Å². The largest absolute Gasteiger partial charge is 0.392 e. The van der Waals surface area contributed by atoms with E-state index in [2.05, 4.69) is 63.2 Å². The Morgan fingerprint density at radius 2 is 1.55 bits per heavy atom. The van der Waals surface area contributed by atoms with Crippen molar-refractivity contribution in [2.45, 2.75) is 38.2 Å². The van der Waals surface area contributed by atoms with Crippen LogP contribution in [0.4, 0.5) is 0 Å². The molecule has 0 aliphatic rings. The van der Waals surface area contributed by atoms with E-state index >= 15 is 0 Å². The number of benzene rings is 2. The molecule has 2 heteroatoms. The summed E-state index contributed by atoms with van der Waals surface area (Å²) in [5, 5.41) is 10.2. The van der Waals surface area contributed by atoms with Gasteiger partial charge in [0.1, 0.15) is 0 Å². The Morgan fingerprint density at radius 3 is 2.15 bits per heavy atom. The molecule has 20 heavy (non-hydrogen) atoms. The summed E-state index contributed by atoms with van der Waals surface area (Å²) in [6, 6.07) is 14.8. The number of hydrogen-bond donors (Lipinski definition) is 1. The SMILES string of the molecule is Cc1ccc(SCC(O)Cc2c(C)cccc2C)cc1. The molecule has 0 aromatic heterocycles. The molecule has 2 aromatic carbocycles. The lowest BCUT2D eigenvalue weighted by atomic mass is 9.98. The quantitative estimate of drug-likeness (QED) is 0.827. The van der Waals surface area contributed by atoms with Crippen LogP contribution in [0.5, 0.6) is 0 Å². The highest BCUT2D eigenvalue weighted by molar-refractivity contribution is 7.99. The second-order valence-corrected chi connectivity index (χ2v) is 6.45. The Bertz CT molecular complexity index is 540. The third-order valence-electron chi connectivity index (χ3n) is 3.55. The zero-order valence-corrected chi connectivity index (χ0v) is 13.2. The molecule has 0 heterocycles. The van der Waals surface area contributed by atoms with Crippen LogP contribution in [0.1, 0.15) is 22.3 Å². The molecule has 1 N–H and O–H groups in total. The maximum Gasteiger partial charge on any atom is 0.0674 e. The third-order valence-corrected chi connectivity index (χ3v) is 4.70. The highest BCUT2D eigenvalue weighted by Crippen LogP contribution is 2.22. The molecule has 0 fully saturated rings. The first-order valence-electron chi connectivity index (χ1n) is 6.99. The van der Waals surface area contributed by atoms with E-state index in [1.165, 1.54) is 27.1 Å². The second kappa shape index (κ2) is 6.96. The number of aryl methyl sites for hydroxylation is 3. The normalized spacial score (nSPS) is 12.4. The molecule has 0 spiro atoms. The minimum absolute atomic E-state index is 0.305. The van der Waals surface area contributed by atoms with Crippen LogP contribution in [0.3, 0.4) is 0 Å². The topological polar surface area (TPSA) is 20.2 Å². The first kappa shape index (κ1) is 15.1. The highest BCUT2D eigenvalue weighted by Gasteiger charge is 2.10. The van der Waals surface area contributed by atoms with Crippen LogP contribution >= 0.6 is 11.8 Å². The smallest absolute Gasteiger partial charge is 0.0674 e. The Labute approximate surface area is 126 Å². The first-order valence-corrected chi connectivity index (χ1v) is 7.97. The van der Waals surface area contributed by atoms with Gasteiger partial charge < -0.3 is 5.11 Å². The molecule has 1 unspecified atom stereocenters. The van der Waals surface area contributed by atoms with Gasteiger partial charge in [0, 0.05) is 10.6 Å². The molecule has 2 rings (SSSR count). The van der Waals surface area contributed by atoms with Gasteiger partial charge in [0.15, 0.2) is 0 Å². The third kappa shape index (κ3) is 4.12. The predicted octanol–water partition coefficient (Wildman–Crippen LogP) is 4.31. The van der Waals surface area contributed by atoms with Crippen LogP contribution in [0, 0.1) is 20.8 Å². The van der Waals surface area contributed by atoms with Crippen LogP contribution < -0.4 is 0 Å². The fourth-order valence-corrected chi connectivity index (χ4v) is 3.12. The van der Waals surface area contributed by atoms with Gasteiger partial charge in [-0.15, -0.1) is 11.8 Å². The fraction of sp³-hybridized carbons (Fsp3) is 0.333. The second-order valence-electron chi connectivity index (χ2n) is 5.35. The molecular weight excluding hydrogens is 264 g/mol. The van der Waals surface area contributed by atoms with Gasteiger partial charge in [0.2, 0.25) is 0 Å². The van der Waals surface area contributed by atoms with E-state index in [9.17, 15) is 5.11 Å². The van der Waals surface area contributed by atoms with E-state index in [4.69, 9.17) is 0 Å². The van der Waals surface area contributed by atoms with Crippen molar-refractivity contribution in [3.63, 3.8) is 0 Å². The van der Waals surface area contributed by atoms with Crippen LogP contribution in [-0.2, 0) is 6.42 Å². The number of rotatable bonds is 5. The Morgan fingerprint density at radius 1 is 0.950 bits per heavy atom. The molecule has 106 valence electrons. The Kier molecular flexibility index (Phi) is 5.27. The van der Waals surface area contributed by atoms with Crippen LogP contribution in [-0.4, -0.2) is 17.0 Å². The van der Waals surface area contributed by atoms with E-state index < -0.39 is 0 Å². The first-order chi connectivity index (χ1) is 9.56. The molecule has 1 atom stereocenters. The molecular formula is C18H22OS. The van der Waals surface area contributed by atoms with Gasteiger partial charge in [-0.05, 0) is 56.0 Å². The summed E-state index contributed by atoms with van der Waals surface area (Å²) in [5.41, 5.74) is 5.09. The average molecular weight is 286 g/mol. The summed E-state index contributed by atoms with van der Waals surface area (Å²) in [6.45, 7) is 6.31. The van der Waals surface area contributed by atoms with Gasteiger partial charge in [0.25, 0.3) is 0 Å². The van der Waals surface area contributed by atoms with Crippen molar-refractivity contribution in [3.05, 3.63) is 64.7 Å². The Balaban J connectivity index is 1.92. The summed E-state index contributed by atoms with van der Waals surface area (Å²) in [5.74, 6) is 0.733. The summed E-state index contributed by atoms with van der Waals surface area (Å²) in [7, 11) is 0. The molecule has 0 aliphatic heterocycles. The molecule has 0 amide bonds. The summed E-state index contributed by atoms with van der Waals surface area (Å²) < 4.78 is 0. The maximum absolute atomic E-state index is 10.2. The lowest BCUT2D eigenvalue weighted by Crippen LogP contribution is -2.15. The number of aliphatic hydroxyl groups excluding tert-OH is 1. The average Bonchev–Trinajstić information content (AvgIpc) is 2.42. The summed E-state index contributed by atoms with van der Waals surface area (Å²) >= 11 is 1.72. The summed E-state index contributed by atoms with van der Waals surface area (Å²) in [6.07, 6.45) is 0.429. The van der Waals surface area contributed by atoms with Gasteiger partial charge in [-0.3, -0.25) is 0 Å². The number of thioether (sulfide) groups is 1. The lowest BCUT2D eigenvalue weighted by Gasteiger charge is -2.14. The van der Waals surface area contributed by atoms with Crippen molar-refractivity contribution in [1.29, 1.82) is 0 Å². The standard InChI is InChI=1S/C18H22OS/c1-13-7-9-17(10-8-13)20-12-16(19)11-18-14(2)5-4-6-15(18)3/h4-10,16,19H,11-12H2,1-3H3. The van der Waals surface area contributed by atoms with Crippen LogP contribution in [0.2, 0.25) is 0 Å². The Hall–Kier alpha value is -1.25. The van der Waals surface area contributed by atoms with E-state index in [0.29, 0.717) is 0 Å². The zero-order valence-electron chi connectivity index (χ0n) is 12.4. The van der Waals surface area contributed by atoms with Gasteiger partial charge in [0.05, 0.1) is 6.10 Å². The molecule has 0 saturated carbocycles.